The fraction of sp³-hybridized carbons (Fsp3) is 0.562. The predicted octanol–water partition coefficient (Wildman–Crippen LogP) is 1.84. The highest BCUT2D eigenvalue weighted by atomic mass is 16.5. The maximum Gasteiger partial charge on any atom is 0.224 e. The van der Waals surface area contributed by atoms with Gasteiger partial charge in [-0.15, -0.1) is 0 Å². The number of carbonyl (C=O) groups is 1. The largest absolute Gasteiger partial charge is 0.497 e. The van der Waals surface area contributed by atoms with Gasteiger partial charge in [-0.05, 0) is 24.1 Å². The summed E-state index contributed by atoms with van der Waals surface area (Å²) in [5, 5.41) is 3.44. The lowest BCUT2D eigenvalue weighted by Gasteiger charge is -2.18. The summed E-state index contributed by atoms with van der Waals surface area (Å²) in [6.45, 7) is 5.85. The molecule has 4 nitrogen and oxygen atoms in total. The van der Waals surface area contributed by atoms with Gasteiger partial charge in [-0.1, -0.05) is 26.0 Å². The van der Waals surface area contributed by atoms with Crippen LogP contribution >= 0.6 is 0 Å². The van der Waals surface area contributed by atoms with Gasteiger partial charge in [0.05, 0.1) is 7.11 Å². The molecule has 1 fully saturated rings. The Morgan fingerprint density at radius 1 is 1.35 bits per heavy atom. The molecule has 1 heterocycles. The number of ether oxygens (including phenoxy) is 1. The lowest BCUT2D eigenvalue weighted by Crippen LogP contribution is -2.37. The second kappa shape index (κ2) is 6.75. The molecule has 1 saturated heterocycles. The molecule has 1 aromatic carbocycles. The molecule has 1 N–H and O–H groups in total. The molecule has 1 atom stereocenters. The van der Waals surface area contributed by atoms with Crippen LogP contribution in [0.2, 0.25) is 0 Å². The Morgan fingerprint density at radius 3 is 2.65 bits per heavy atom. The number of carbonyl (C=O) groups excluding carboxylic acids is 1. The molecule has 1 aliphatic rings. The number of hydrogen-bond donors (Lipinski definition) is 1. The Hall–Kier alpha value is -1.55. The lowest BCUT2D eigenvalue weighted by molar-refractivity contribution is -0.127. The van der Waals surface area contributed by atoms with Gasteiger partial charge in [0.25, 0.3) is 0 Å². The highest BCUT2D eigenvalue weighted by molar-refractivity contribution is 5.79. The van der Waals surface area contributed by atoms with Crippen LogP contribution in [-0.4, -0.2) is 43.1 Å². The smallest absolute Gasteiger partial charge is 0.224 e. The van der Waals surface area contributed by atoms with E-state index < -0.39 is 0 Å². The molecular formula is C16H24N2O2. The van der Waals surface area contributed by atoms with Gasteiger partial charge in [0, 0.05) is 31.6 Å². The molecule has 110 valence electrons. The van der Waals surface area contributed by atoms with Crippen LogP contribution in [0.5, 0.6) is 5.75 Å². The van der Waals surface area contributed by atoms with Crippen LogP contribution in [0.15, 0.2) is 24.3 Å². The topological polar surface area (TPSA) is 41.6 Å². The second-order valence-electron chi connectivity index (χ2n) is 5.66. The van der Waals surface area contributed by atoms with Gasteiger partial charge in [-0.2, -0.15) is 0 Å². The Morgan fingerprint density at radius 2 is 2.05 bits per heavy atom. The molecule has 0 aromatic heterocycles. The number of benzene rings is 1. The molecule has 0 aliphatic carbocycles. The van der Waals surface area contributed by atoms with Gasteiger partial charge >= 0.3 is 0 Å². The van der Waals surface area contributed by atoms with Gasteiger partial charge in [-0.3, -0.25) is 4.79 Å². The number of amides is 1. The quantitative estimate of drug-likeness (QED) is 0.862. The monoisotopic (exact) mass is 276 g/mol. The van der Waals surface area contributed by atoms with Crippen LogP contribution in [0.25, 0.3) is 0 Å². The third-order valence-electron chi connectivity index (χ3n) is 3.61. The van der Waals surface area contributed by atoms with Crippen LogP contribution in [0.3, 0.4) is 0 Å². The first kappa shape index (κ1) is 14.9. The van der Waals surface area contributed by atoms with E-state index in [0.717, 1.165) is 25.3 Å². The van der Waals surface area contributed by atoms with E-state index in [4.69, 9.17) is 4.74 Å². The average molecular weight is 276 g/mol. The van der Waals surface area contributed by atoms with Crippen molar-refractivity contribution in [3.63, 3.8) is 0 Å². The number of nitrogens with zero attached hydrogens (tertiary/aromatic N) is 1. The second-order valence-corrected chi connectivity index (χ2v) is 5.66. The van der Waals surface area contributed by atoms with E-state index in [1.165, 1.54) is 5.56 Å². The van der Waals surface area contributed by atoms with Crippen molar-refractivity contribution in [2.24, 2.45) is 0 Å². The molecule has 1 aromatic rings. The third-order valence-corrected chi connectivity index (χ3v) is 3.61. The van der Waals surface area contributed by atoms with Crippen molar-refractivity contribution in [2.45, 2.75) is 38.8 Å². The first-order valence-corrected chi connectivity index (χ1v) is 7.25. The summed E-state index contributed by atoms with van der Waals surface area (Å²) in [5.74, 6) is 1.13. The maximum absolute atomic E-state index is 12.0. The molecule has 2 rings (SSSR count). The zero-order valence-corrected chi connectivity index (χ0v) is 12.6. The normalized spacial score (nSPS) is 18.9. The highest BCUT2D eigenvalue weighted by Gasteiger charge is 2.29. The van der Waals surface area contributed by atoms with E-state index in [1.54, 1.807) is 7.11 Å². The summed E-state index contributed by atoms with van der Waals surface area (Å²) >= 11 is 0. The van der Waals surface area contributed by atoms with Crippen LogP contribution in [-0.2, 0) is 11.2 Å². The molecular weight excluding hydrogens is 252 g/mol. The summed E-state index contributed by atoms with van der Waals surface area (Å²) in [5.41, 5.74) is 1.24. The standard InChI is InChI=1S/C16H24N2O2/c1-12(2)17-14-10-16(19)18(11-14)9-8-13-4-6-15(20-3)7-5-13/h4-7,12,14,17H,8-11H2,1-3H3/t14-/m0/s1. The summed E-state index contributed by atoms with van der Waals surface area (Å²) in [7, 11) is 1.67. The number of rotatable bonds is 6. The van der Waals surface area contributed by atoms with E-state index in [2.05, 4.69) is 31.3 Å². The van der Waals surface area contributed by atoms with Gasteiger partial charge in [0.15, 0.2) is 0 Å². The number of likely N-dealkylation sites (tertiary alicyclic amines) is 1. The Bertz CT molecular complexity index is 442. The van der Waals surface area contributed by atoms with Crippen LogP contribution < -0.4 is 10.1 Å². The summed E-state index contributed by atoms with van der Waals surface area (Å²) < 4.78 is 5.14. The van der Waals surface area contributed by atoms with Crippen molar-refractivity contribution < 1.29 is 9.53 Å². The zero-order valence-electron chi connectivity index (χ0n) is 12.6. The Labute approximate surface area is 121 Å². The average Bonchev–Trinajstić information content (AvgIpc) is 2.76. The molecule has 1 aliphatic heterocycles. The fourth-order valence-corrected chi connectivity index (χ4v) is 2.63. The molecule has 0 bridgehead atoms. The lowest BCUT2D eigenvalue weighted by atomic mass is 10.1. The zero-order chi connectivity index (χ0) is 14.5. The van der Waals surface area contributed by atoms with E-state index in [0.29, 0.717) is 18.5 Å². The van der Waals surface area contributed by atoms with Crippen molar-refractivity contribution in [2.75, 3.05) is 20.2 Å². The van der Waals surface area contributed by atoms with E-state index in [1.807, 2.05) is 17.0 Å². The number of methoxy groups -OCH3 is 1. The Kier molecular flexibility index (Phi) is 5.01. The molecule has 0 spiro atoms. The van der Waals surface area contributed by atoms with Crippen LogP contribution in [0.4, 0.5) is 0 Å². The van der Waals surface area contributed by atoms with Gasteiger partial charge in [0.1, 0.15) is 5.75 Å². The molecule has 1 amide bonds. The minimum absolute atomic E-state index is 0.261. The number of nitrogens with one attached hydrogen (secondary N) is 1. The first-order valence-electron chi connectivity index (χ1n) is 7.25. The van der Waals surface area contributed by atoms with Crippen molar-refractivity contribution >= 4 is 5.91 Å². The number of hydrogen-bond acceptors (Lipinski definition) is 3. The molecule has 0 radical (unpaired) electrons. The third kappa shape index (κ3) is 3.97. The van der Waals surface area contributed by atoms with Crippen molar-refractivity contribution in [1.29, 1.82) is 0 Å². The predicted molar refractivity (Wildman–Crippen MR) is 80.0 cm³/mol. The fourth-order valence-electron chi connectivity index (χ4n) is 2.63. The molecule has 0 saturated carbocycles. The van der Waals surface area contributed by atoms with Gasteiger partial charge in [-0.25, -0.2) is 0 Å². The van der Waals surface area contributed by atoms with E-state index >= 15 is 0 Å². The van der Waals surface area contributed by atoms with Crippen molar-refractivity contribution in [3.8, 4) is 5.75 Å². The van der Waals surface area contributed by atoms with Crippen LogP contribution in [0.1, 0.15) is 25.8 Å². The SMILES string of the molecule is COc1ccc(CCN2C[C@@H](NC(C)C)CC2=O)cc1. The van der Waals surface area contributed by atoms with Crippen molar-refractivity contribution in [3.05, 3.63) is 29.8 Å². The van der Waals surface area contributed by atoms with E-state index in [9.17, 15) is 4.79 Å². The van der Waals surface area contributed by atoms with E-state index in [-0.39, 0.29) is 5.91 Å². The molecule has 20 heavy (non-hydrogen) atoms. The summed E-state index contributed by atoms with van der Waals surface area (Å²) in [4.78, 5) is 13.9. The highest BCUT2D eigenvalue weighted by Crippen LogP contribution is 2.15. The Balaban J connectivity index is 1.82. The first-order chi connectivity index (χ1) is 9.58. The molecule has 4 heteroatoms. The minimum Gasteiger partial charge on any atom is -0.497 e. The summed E-state index contributed by atoms with van der Waals surface area (Å²) in [6, 6.07) is 8.77. The van der Waals surface area contributed by atoms with Gasteiger partial charge in [0.2, 0.25) is 5.91 Å². The minimum atomic E-state index is 0.261. The summed E-state index contributed by atoms with van der Waals surface area (Å²) in [6.07, 6.45) is 1.52. The van der Waals surface area contributed by atoms with Gasteiger partial charge < -0.3 is 15.0 Å². The van der Waals surface area contributed by atoms with Crippen molar-refractivity contribution in [1.82, 2.24) is 10.2 Å². The maximum atomic E-state index is 12.0. The van der Waals surface area contributed by atoms with Crippen LogP contribution in [0, 0.1) is 0 Å². The molecule has 0 unspecified atom stereocenters.